The quantitative estimate of drug-likeness (QED) is 0.513. The Labute approximate surface area is 174 Å². The van der Waals surface area contributed by atoms with E-state index in [1.54, 1.807) is 23.5 Å². The van der Waals surface area contributed by atoms with Gasteiger partial charge >= 0.3 is 0 Å². The van der Waals surface area contributed by atoms with Crippen molar-refractivity contribution in [3.63, 3.8) is 0 Å². The van der Waals surface area contributed by atoms with Crippen LogP contribution in [-0.2, 0) is 17.8 Å². The lowest BCUT2D eigenvalue weighted by Gasteiger charge is -2.28. The van der Waals surface area contributed by atoms with Crippen LogP contribution in [0.4, 0.5) is 4.39 Å². The number of hydrogen-bond donors (Lipinski definition) is 3. The molecule has 1 aliphatic heterocycles. The van der Waals surface area contributed by atoms with Crippen molar-refractivity contribution in [2.75, 3.05) is 39.3 Å². The van der Waals surface area contributed by atoms with Gasteiger partial charge in [-0.2, -0.15) is 0 Å². The van der Waals surface area contributed by atoms with Gasteiger partial charge in [0.25, 0.3) is 5.91 Å². The smallest absolute Gasteiger partial charge is 0.275 e. The standard InChI is InChI=1S/C22H25FN4OS/c23-18-6-2-1-5-17(18)9-10-24-21(28)15-26-11-13-27(14-12-26)16-22-25-19-7-3-4-8-20(19)29-22/h1-8H,9-16H2,(H,24,28)/p+2. The molecule has 2 aromatic carbocycles. The van der Waals surface area contributed by atoms with Gasteiger partial charge < -0.3 is 15.1 Å². The lowest BCUT2D eigenvalue weighted by molar-refractivity contribution is -1.02. The number of carbonyl (C=O) groups excluding carboxylic acids is 1. The third-order valence-corrected chi connectivity index (χ3v) is 6.52. The summed E-state index contributed by atoms with van der Waals surface area (Å²) in [7, 11) is 0. The number of thiazole rings is 1. The van der Waals surface area contributed by atoms with E-state index in [2.05, 4.69) is 23.5 Å². The van der Waals surface area contributed by atoms with Gasteiger partial charge in [0.05, 0.1) is 10.2 Å². The van der Waals surface area contributed by atoms with Crippen LogP contribution in [0.1, 0.15) is 10.6 Å². The van der Waals surface area contributed by atoms with Crippen molar-refractivity contribution in [3.8, 4) is 0 Å². The van der Waals surface area contributed by atoms with E-state index in [1.807, 2.05) is 12.1 Å². The molecule has 0 bridgehead atoms. The molecule has 152 valence electrons. The van der Waals surface area contributed by atoms with Crippen LogP contribution in [0, 0.1) is 5.82 Å². The Morgan fingerprint density at radius 3 is 2.55 bits per heavy atom. The molecule has 29 heavy (non-hydrogen) atoms. The van der Waals surface area contributed by atoms with Gasteiger partial charge in [-0.05, 0) is 30.2 Å². The highest BCUT2D eigenvalue weighted by Gasteiger charge is 2.25. The number of amides is 1. The molecule has 1 fully saturated rings. The van der Waals surface area contributed by atoms with Crippen molar-refractivity contribution in [2.24, 2.45) is 0 Å². The topological polar surface area (TPSA) is 50.9 Å². The van der Waals surface area contributed by atoms with Crippen LogP contribution in [0.15, 0.2) is 48.5 Å². The maximum atomic E-state index is 13.6. The summed E-state index contributed by atoms with van der Waals surface area (Å²) in [6.45, 7) is 6.00. The fourth-order valence-electron chi connectivity index (χ4n) is 3.85. The van der Waals surface area contributed by atoms with Crippen molar-refractivity contribution in [1.29, 1.82) is 0 Å². The summed E-state index contributed by atoms with van der Waals surface area (Å²) in [4.78, 5) is 19.8. The Kier molecular flexibility index (Phi) is 6.49. The second-order valence-electron chi connectivity index (χ2n) is 7.62. The zero-order valence-corrected chi connectivity index (χ0v) is 17.2. The monoisotopic (exact) mass is 414 g/mol. The Morgan fingerprint density at radius 1 is 1.03 bits per heavy atom. The summed E-state index contributed by atoms with van der Waals surface area (Å²) in [6.07, 6.45) is 0.522. The number of piperazine rings is 1. The Bertz CT molecular complexity index is 935. The molecule has 4 rings (SSSR count). The maximum absolute atomic E-state index is 13.6. The molecule has 1 aromatic heterocycles. The second kappa shape index (κ2) is 9.43. The van der Waals surface area contributed by atoms with E-state index in [0.717, 1.165) is 38.2 Å². The first-order valence-corrected chi connectivity index (χ1v) is 11.0. The van der Waals surface area contributed by atoms with Gasteiger partial charge in [0.2, 0.25) is 0 Å². The number of carbonyl (C=O) groups is 1. The number of hydrogen-bond acceptors (Lipinski definition) is 3. The van der Waals surface area contributed by atoms with Crippen LogP contribution in [0.2, 0.25) is 0 Å². The zero-order chi connectivity index (χ0) is 20.1. The minimum Gasteiger partial charge on any atom is -0.351 e. The summed E-state index contributed by atoms with van der Waals surface area (Å²) in [5.41, 5.74) is 1.73. The van der Waals surface area contributed by atoms with E-state index < -0.39 is 0 Å². The molecule has 1 saturated heterocycles. The highest BCUT2D eigenvalue weighted by atomic mass is 32.1. The summed E-state index contributed by atoms with van der Waals surface area (Å²) < 4.78 is 14.9. The summed E-state index contributed by atoms with van der Waals surface area (Å²) >= 11 is 1.78. The normalized spacial score (nSPS) is 19.3. The summed E-state index contributed by atoms with van der Waals surface area (Å²) in [5, 5.41) is 4.12. The minimum absolute atomic E-state index is 0.0472. The minimum atomic E-state index is -0.209. The average molecular weight is 415 g/mol. The number of quaternary nitrogens is 2. The number of fused-ring (bicyclic) bond motifs is 1. The number of nitrogens with one attached hydrogen (secondary N) is 3. The van der Waals surface area contributed by atoms with Crippen LogP contribution in [0.3, 0.4) is 0 Å². The number of nitrogens with zero attached hydrogens (tertiary/aromatic N) is 1. The van der Waals surface area contributed by atoms with Gasteiger partial charge in [0.1, 0.15) is 43.5 Å². The van der Waals surface area contributed by atoms with Crippen molar-refractivity contribution in [3.05, 3.63) is 64.9 Å². The van der Waals surface area contributed by atoms with Crippen LogP contribution in [0.5, 0.6) is 0 Å². The highest BCUT2D eigenvalue weighted by Crippen LogP contribution is 2.20. The zero-order valence-electron chi connectivity index (χ0n) is 16.4. The van der Waals surface area contributed by atoms with Crippen LogP contribution >= 0.6 is 11.3 Å². The molecule has 2 heterocycles. The first-order chi connectivity index (χ1) is 14.2. The lowest BCUT2D eigenvalue weighted by atomic mass is 10.1. The molecule has 0 saturated carbocycles. The van der Waals surface area contributed by atoms with Crippen molar-refractivity contribution >= 4 is 27.5 Å². The Hall–Kier alpha value is -2.35. The molecule has 0 unspecified atom stereocenters. The molecule has 0 atom stereocenters. The molecule has 1 amide bonds. The first-order valence-electron chi connectivity index (χ1n) is 10.2. The van der Waals surface area contributed by atoms with E-state index >= 15 is 0 Å². The van der Waals surface area contributed by atoms with E-state index in [9.17, 15) is 9.18 Å². The lowest BCUT2D eigenvalue weighted by Crippen LogP contribution is -3.28. The average Bonchev–Trinajstić information content (AvgIpc) is 3.13. The molecule has 0 spiro atoms. The fourth-order valence-corrected chi connectivity index (χ4v) is 4.89. The number of aromatic nitrogens is 1. The maximum Gasteiger partial charge on any atom is 0.275 e. The Morgan fingerprint density at radius 2 is 1.76 bits per heavy atom. The molecule has 7 heteroatoms. The van der Waals surface area contributed by atoms with Crippen LogP contribution in [0.25, 0.3) is 10.2 Å². The third kappa shape index (κ3) is 5.38. The van der Waals surface area contributed by atoms with E-state index in [1.165, 1.54) is 25.6 Å². The summed E-state index contributed by atoms with van der Waals surface area (Å²) in [6, 6.07) is 15.0. The fraction of sp³-hybridized carbons (Fsp3) is 0.364. The van der Waals surface area contributed by atoms with Gasteiger partial charge in [0, 0.05) is 6.54 Å². The van der Waals surface area contributed by atoms with Crippen LogP contribution in [-0.4, -0.2) is 50.2 Å². The number of halogens is 1. The molecule has 3 N–H and O–H groups in total. The van der Waals surface area contributed by atoms with E-state index in [-0.39, 0.29) is 11.7 Å². The van der Waals surface area contributed by atoms with Crippen molar-refractivity contribution < 1.29 is 19.0 Å². The molecular formula is C22H27FN4OS+2. The van der Waals surface area contributed by atoms with Crippen LogP contribution < -0.4 is 15.1 Å². The largest absolute Gasteiger partial charge is 0.351 e. The van der Waals surface area contributed by atoms with Gasteiger partial charge in [0.15, 0.2) is 6.54 Å². The number of rotatable bonds is 7. The Balaban J connectivity index is 1.17. The molecule has 0 radical (unpaired) electrons. The second-order valence-corrected chi connectivity index (χ2v) is 8.74. The SMILES string of the molecule is O=C(C[NH+]1CC[NH+](Cc2nc3ccccc3s2)CC1)NCCc1ccccc1F. The predicted octanol–water partition coefficient (Wildman–Crippen LogP) is 0.0777. The van der Waals surface area contributed by atoms with E-state index in [0.29, 0.717) is 25.1 Å². The van der Waals surface area contributed by atoms with Gasteiger partial charge in [-0.1, -0.05) is 30.3 Å². The number of para-hydroxylation sites is 1. The third-order valence-electron chi connectivity index (χ3n) is 5.49. The van der Waals surface area contributed by atoms with E-state index in [4.69, 9.17) is 4.98 Å². The van der Waals surface area contributed by atoms with Gasteiger partial charge in [-0.15, -0.1) is 11.3 Å². The number of benzene rings is 2. The predicted molar refractivity (Wildman–Crippen MR) is 113 cm³/mol. The molecule has 0 aliphatic carbocycles. The van der Waals surface area contributed by atoms with Gasteiger partial charge in [-0.25, -0.2) is 9.37 Å². The first kappa shape index (κ1) is 19.9. The molecule has 5 nitrogen and oxygen atoms in total. The van der Waals surface area contributed by atoms with Crippen molar-refractivity contribution in [2.45, 2.75) is 13.0 Å². The molecule has 3 aromatic rings. The summed E-state index contributed by atoms with van der Waals surface area (Å²) in [5.74, 6) is -0.162. The molecular weight excluding hydrogens is 387 g/mol. The highest BCUT2D eigenvalue weighted by molar-refractivity contribution is 7.18. The molecule has 1 aliphatic rings. The van der Waals surface area contributed by atoms with Gasteiger partial charge in [-0.3, -0.25) is 4.79 Å². The van der Waals surface area contributed by atoms with Crippen molar-refractivity contribution in [1.82, 2.24) is 10.3 Å².